The van der Waals surface area contributed by atoms with E-state index in [1.165, 1.54) is 25.7 Å². The largest absolute Gasteiger partial charge is 0.381 e. The van der Waals surface area contributed by atoms with E-state index in [-0.39, 0.29) is 0 Å². The van der Waals surface area contributed by atoms with Gasteiger partial charge in [0.05, 0.1) is 6.61 Å². The zero-order valence-corrected chi connectivity index (χ0v) is 14.0. The summed E-state index contributed by atoms with van der Waals surface area (Å²) in [7, 11) is 0. The highest BCUT2D eigenvalue weighted by atomic mass is 79.9. The molecule has 0 rings (SSSR count). The summed E-state index contributed by atoms with van der Waals surface area (Å²) in [6.45, 7) is 13.1. The van der Waals surface area contributed by atoms with Gasteiger partial charge in [0, 0.05) is 17.4 Å². The van der Waals surface area contributed by atoms with Crippen LogP contribution in [0.1, 0.15) is 66.7 Å². The molecule has 0 aromatic carbocycles. The Kier molecular flexibility index (Phi) is 8.75. The molecule has 2 heteroatoms. The first-order valence-corrected chi connectivity index (χ1v) is 8.15. The second-order valence-corrected chi connectivity index (χ2v) is 7.06. The van der Waals surface area contributed by atoms with Crippen LogP contribution in [0.4, 0.5) is 0 Å². The van der Waals surface area contributed by atoms with Gasteiger partial charge >= 0.3 is 0 Å². The van der Waals surface area contributed by atoms with Crippen molar-refractivity contribution in [2.45, 2.75) is 66.7 Å². The van der Waals surface area contributed by atoms with E-state index in [2.05, 4.69) is 50.5 Å². The third-order valence-electron chi connectivity index (χ3n) is 3.25. The minimum Gasteiger partial charge on any atom is -0.381 e. The van der Waals surface area contributed by atoms with Gasteiger partial charge < -0.3 is 4.74 Å². The second kappa shape index (κ2) is 8.53. The van der Waals surface area contributed by atoms with Crippen LogP contribution in [0.2, 0.25) is 0 Å². The zero-order chi connectivity index (χ0) is 13.4. The Balaban J connectivity index is 4.07. The molecule has 0 radical (unpaired) electrons. The molecule has 0 aromatic heterocycles. The number of hydrogen-bond acceptors (Lipinski definition) is 1. The van der Waals surface area contributed by atoms with Crippen LogP contribution in [-0.2, 0) is 4.74 Å². The summed E-state index contributed by atoms with van der Waals surface area (Å²) in [4.78, 5) is 0. The number of hydrogen-bond donors (Lipinski definition) is 0. The Labute approximate surface area is 117 Å². The van der Waals surface area contributed by atoms with Crippen LogP contribution in [0.3, 0.4) is 0 Å². The van der Waals surface area contributed by atoms with Crippen molar-refractivity contribution in [1.82, 2.24) is 0 Å². The van der Waals surface area contributed by atoms with E-state index in [0.29, 0.717) is 10.8 Å². The summed E-state index contributed by atoms with van der Waals surface area (Å²) in [6, 6.07) is 0. The van der Waals surface area contributed by atoms with E-state index in [4.69, 9.17) is 4.74 Å². The molecule has 0 saturated heterocycles. The van der Waals surface area contributed by atoms with Gasteiger partial charge in [-0.15, -0.1) is 0 Å². The first-order valence-electron chi connectivity index (χ1n) is 7.03. The van der Waals surface area contributed by atoms with E-state index in [1.807, 2.05) is 0 Å². The van der Waals surface area contributed by atoms with Crippen LogP contribution in [0.5, 0.6) is 0 Å². The van der Waals surface area contributed by atoms with Crippen molar-refractivity contribution in [3.05, 3.63) is 0 Å². The minimum atomic E-state index is 0.362. The predicted molar refractivity (Wildman–Crippen MR) is 80.9 cm³/mol. The van der Waals surface area contributed by atoms with E-state index >= 15 is 0 Å². The highest BCUT2D eigenvalue weighted by Gasteiger charge is 2.27. The first kappa shape index (κ1) is 17.4. The molecule has 0 unspecified atom stereocenters. The zero-order valence-electron chi connectivity index (χ0n) is 12.4. The van der Waals surface area contributed by atoms with E-state index < -0.39 is 0 Å². The standard InChI is InChI=1S/C15H31BrO/c1-6-8-15(12-16,9-7-2)13-17-11-10-14(3,4)5/h6-13H2,1-5H3. The van der Waals surface area contributed by atoms with Crippen LogP contribution in [0.25, 0.3) is 0 Å². The Morgan fingerprint density at radius 2 is 1.47 bits per heavy atom. The molecule has 0 aliphatic rings. The SMILES string of the molecule is CCCC(CBr)(CCC)COCCC(C)(C)C. The van der Waals surface area contributed by atoms with Gasteiger partial charge in [0.1, 0.15) is 0 Å². The van der Waals surface area contributed by atoms with Crippen molar-refractivity contribution in [2.75, 3.05) is 18.5 Å². The topological polar surface area (TPSA) is 9.23 Å². The van der Waals surface area contributed by atoms with E-state index in [1.54, 1.807) is 0 Å². The summed E-state index contributed by atoms with van der Waals surface area (Å²) < 4.78 is 5.94. The van der Waals surface area contributed by atoms with Gasteiger partial charge in [-0.25, -0.2) is 0 Å². The maximum atomic E-state index is 5.94. The third-order valence-corrected chi connectivity index (χ3v) is 4.44. The van der Waals surface area contributed by atoms with Gasteiger partial charge in [-0.1, -0.05) is 63.4 Å². The average Bonchev–Trinajstić information content (AvgIpc) is 2.23. The number of alkyl halides is 1. The lowest BCUT2D eigenvalue weighted by Crippen LogP contribution is -2.29. The quantitative estimate of drug-likeness (QED) is 0.408. The van der Waals surface area contributed by atoms with Crippen LogP contribution >= 0.6 is 15.9 Å². The molecule has 0 heterocycles. The van der Waals surface area contributed by atoms with Crippen molar-refractivity contribution < 1.29 is 4.74 Å². The lowest BCUT2D eigenvalue weighted by Gasteiger charge is -2.32. The maximum absolute atomic E-state index is 5.94. The molecule has 0 saturated carbocycles. The van der Waals surface area contributed by atoms with E-state index in [0.717, 1.165) is 25.0 Å². The highest BCUT2D eigenvalue weighted by Crippen LogP contribution is 2.32. The average molecular weight is 307 g/mol. The lowest BCUT2D eigenvalue weighted by atomic mass is 9.82. The monoisotopic (exact) mass is 306 g/mol. The summed E-state index contributed by atoms with van der Waals surface area (Å²) in [5, 5.41) is 1.07. The number of halogens is 1. The molecular formula is C15H31BrO. The summed E-state index contributed by atoms with van der Waals surface area (Å²) >= 11 is 3.69. The smallest absolute Gasteiger partial charge is 0.0530 e. The van der Waals surface area contributed by atoms with Crippen molar-refractivity contribution in [2.24, 2.45) is 10.8 Å². The highest BCUT2D eigenvalue weighted by molar-refractivity contribution is 9.09. The van der Waals surface area contributed by atoms with Gasteiger partial charge in [-0.2, -0.15) is 0 Å². The third kappa shape index (κ3) is 8.20. The molecule has 0 spiro atoms. The fourth-order valence-electron chi connectivity index (χ4n) is 2.17. The Morgan fingerprint density at radius 1 is 0.941 bits per heavy atom. The van der Waals surface area contributed by atoms with Gasteiger partial charge in [0.2, 0.25) is 0 Å². The minimum absolute atomic E-state index is 0.362. The van der Waals surface area contributed by atoms with Crippen LogP contribution in [0, 0.1) is 10.8 Å². The van der Waals surface area contributed by atoms with Gasteiger partial charge in [0.25, 0.3) is 0 Å². The molecule has 0 fully saturated rings. The van der Waals surface area contributed by atoms with Gasteiger partial charge in [0.15, 0.2) is 0 Å². The lowest BCUT2D eigenvalue weighted by molar-refractivity contribution is 0.0334. The van der Waals surface area contributed by atoms with Crippen molar-refractivity contribution in [3.63, 3.8) is 0 Å². The maximum Gasteiger partial charge on any atom is 0.0530 e. The summed E-state index contributed by atoms with van der Waals surface area (Å²) in [6.07, 6.45) is 6.16. The van der Waals surface area contributed by atoms with Crippen LogP contribution < -0.4 is 0 Å². The summed E-state index contributed by atoms with van der Waals surface area (Å²) in [5.74, 6) is 0. The predicted octanol–water partition coefficient (Wildman–Crippen LogP) is 5.42. The Bertz CT molecular complexity index is 178. The fourth-order valence-corrected chi connectivity index (χ4v) is 2.89. The second-order valence-electron chi connectivity index (χ2n) is 6.50. The molecule has 0 atom stereocenters. The molecular weight excluding hydrogens is 276 g/mol. The molecule has 0 amide bonds. The van der Waals surface area contributed by atoms with Crippen molar-refractivity contribution in [3.8, 4) is 0 Å². The first-order chi connectivity index (χ1) is 7.89. The molecule has 104 valence electrons. The molecule has 0 aliphatic heterocycles. The van der Waals surface area contributed by atoms with Gasteiger partial charge in [-0.3, -0.25) is 0 Å². The van der Waals surface area contributed by atoms with Gasteiger partial charge in [-0.05, 0) is 24.7 Å². The van der Waals surface area contributed by atoms with Crippen molar-refractivity contribution >= 4 is 15.9 Å². The molecule has 0 N–H and O–H groups in total. The Hall–Kier alpha value is 0.440. The number of ether oxygens (including phenoxy) is 1. The fraction of sp³-hybridized carbons (Fsp3) is 1.00. The molecule has 17 heavy (non-hydrogen) atoms. The Morgan fingerprint density at radius 3 is 1.82 bits per heavy atom. The van der Waals surface area contributed by atoms with E-state index in [9.17, 15) is 0 Å². The molecule has 0 aromatic rings. The molecule has 0 aliphatic carbocycles. The molecule has 1 nitrogen and oxygen atoms in total. The van der Waals surface area contributed by atoms with Crippen molar-refractivity contribution in [1.29, 1.82) is 0 Å². The normalized spacial score (nSPS) is 13.1. The number of rotatable bonds is 9. The summed E-state index contributed by atoms with van der Waals surface area (Å²) in [5.41, 5.74) is 0.744. The van der Waals surface area contributed by atoms with Crippen LogP contribution in [-0.4, -0.2) is 18.5 Å². The molecule has 0 bridgehead atoms. The van der Waals surface area contributed by atoms with Crippen LogP contribution in [0.15, 0.2) is 0 Å².